The summed E-state index contributed by atoms with van der Waals surface area (Å²) in [5.41, 5.74) is -0.0695. The van der Waals surface area contributed by atoms with Crippen molar-refractivity contribution in [2.45, 2.75) is 24.7 Å². The molecule has 1 atom stereocenters. The average Bonchev–Trinajstić information content (AvgIpc) is 3.32. The lowest BCUT2D eigenvalue weighted by Gasteiger charge is -2.11. The van der Waals surface area contributed by atoms with Crippen molar-refractivity contribution in [1.82, 2.24) is 0 Å². The van der Waals surface area contributed by atoms with Gasteiger partial charge in [-0.2, -0.15) is 5.26 Å². The Bertz CT molecular complexity index is 726. The number of rotatable bonds is 6. The largest absolute Gasteiger partial charge is 0.297 e. The lowest BCUT2D eigenvalue weighted by atomic mass is 9.92. The van der Waals surface area contributed by atoms with Gasteiger partial charge in [0.25, 0.3) is 0 Å². The fourth-order valence-corrected chi connectivity index (χ4v) is 3.21. The van der Waals surface area contributed by atoms with Crippen LogP contribution in [0.15, 0.2) is 29.2 Å². The van der Waals surface area contributed by atoms with Crippen LogP contribution >= 0.6 is 0 Å². The molecule has 0 saturated heterocycles. The van der Waals surface area contributed by atoms with Gasteiger partial charge >= 0.3 is 0 Å². The quantitative estimate of drug-likeness (QED) is 0.590. The van der Waals surface area contributed by atoms with Crippen LogP contribution in [0.1, 0.15) is 30.1 Å². The lowest BCUT2D eigenvalue weighted by Crippen LogP contribution is -2.25. The van der Waals surface area contributed by atoms with E-state index in [0.717, 1.165) is 0 Å². The van der Waals surface area contributed by atoms with Crippen molar-refractivity contribution in [2.24, 2.45) is 11.8 Å². The maximum atomic E-state index is 12.4. The van der Waals surface area contributed by atoms with E-state index >= 15 is 0 Å². The van der Waals surface area contributed by atoms with Crippen molar-refractivity contribution >= 4 is 21.4 Å². The van der Waals surface area contributed by atoms with Crippen molar-refractivity contribution in [1.29, 1.82) is 5.26 Å². The number of benzene rings is 1. The summed E-state index contributed by atoms with van der Waals surface area (Å²) in [6.45, 7) is 1.48. The number of sulfone groups is 1. The molecule has 0 amide bonds. The van der Waals surface area contributed by atoms with Crippen molar-refractivity contribution in [3.63, 3.8) is 0 Å². The Labute approximate surface area is 123 Å². The molecule has 1 aromatic carbocycles. The SMILES string of the molecule is CCS(=O)(=O)c1ccccc1C(=O)C(C#N)C(=O)C1CC1. The highest BCUT2D eigenvalue weighted by molar-refractivity contribution is 7.91. The van der Waals surface area contributed by atoms with Crippen LogP contribution in [-0.4, -0.2) is 25.7 Å². The molecule has 0 aliphatic heterocycles. The number of nitriles is 1. The third-order valence-electron chi connectivity index (χ3n) is 3.52. The van der Waals surface area contributed by atoms with E-state index in [0.29, 0.717) is 12.8 Å². The molecule has 21 heavy (non-hydrogen) atoms. The third-order valence-corrected chi connectivity index (χ3v) is 5.31. The summed E-state index contributed by atoms with van der Waals surface area (Å²) >= 11 is 0. The summed E-state index contributed by atoms with van der Waals surface area (Å²) in [4.78, 5) is 24.3. The van der Waals surface area contributed by atoms with E-state index in [4.69, 9.17) is 5.26 Å². The number of carbonyl (C=O) groups excluding carboxylic acids is 2. The second-order valence-corrected chi connectivity index (χ2v) is 7.25. The Hall–Kier alpha value is -2.00. The van der Waals surface area contributed by atoms with E-state index in [9.17, 15) is 18.0 Å². The van der Waals surface area contributed by atoms with Crippen molar-refractivity contribution in [3.8, 4) is 6.07 Å². The highest BCUT2D eigenvalue weighted by Gasteiger charge is 2.39. The lowest BCUT2D eigenvalue weighted by molar-refractivity contribution is -0.121. The number of hydrogen-bond acceptors (Lipinski definition) is 5. The zero-order chi connectivity index (χ0) is 15.6. The van der Waals surface area contributed by atoms with E-state index < -0.39 is 27.3 Å². The van der Waals surface area contributed by atoms with Crippen molar-refractivity contribution in [2.75, 3.05) is 5.75 Å². The summed E-state index contributed by atoms with van der Waals surface area (Å²) < 4.78 is 24.1. The molecule has 1 aliphatic carbocycles. The first-order valence-electron chi connectivity index (χ1n) is 6.71. The topological polar surface area (TPSA) is 92.1 Å². The molecular formula is C15H15NO4S. The standard InChI is InChI=1S/C15H15NO4S/c1-2-21(19,20)13-6-4-3-5-11(13)15(18)12(9-16)14(17)10-7-8-10/h3-6,10,12H,2,7-8H2,1H3. The zero-order valence-electron chi connectivity index (χ0n) is 11.6. The van der Waals surface area contributed by atoms with Crippen LogP contribution in [-0.2, 0) is 14.6 Å². The Morgan fingerprint density at radius 2 is 1.95 bits per heavy atom. The molecule has 0 radical (unpaired) electrons. The zero-order valence-corrected chi connectivity index (χ0v) is 12.4. The first-order valence-corrected chi connectivity index (χ1v) is 8.37. The van der Waals surface area contributed by atoms with E-state index in [1.165, 1.54) is 31.2 Å². The molecule has 0 heterocycles. The number of ketones is 2. The molecule has 1 fully saturated rings. The molecule has 5 nitrogen and oxygen atoms in total. The summed E-state index contributed by atoms with van der Waals surface area (Å²) in [6.07, 6.45) is 1.39. The second-order valence-electron chi connectivity index (χ2n) is 5.00. The van der Waals surface area contributed by atoms with Gasteiger partial charge in [0, 0.05) is 11.5 Å². The molecule has 0 aromatic heterocycles. The third kappa shape index (κ3) is 3.03. The van der Waals surface area contributed by atoms with E-state index in [1.807, 2.05) is 0 Å². The van der Waals surface area contributed by atoms with Gasteiger partial charge in [-0.05, 0) is 18.9 Å². The molecule has 0 bridgehead atoms. The molecule has 0 N–H and O–H groups in total. The maximum absolute atomic E-state index is 12.4. The van der Waals surface area contributed by atoms with Gasteiger partial charge in [0.1, 0.15) is 0 Å². The molecular weight excluding hydrogens is 290 g/mol. The Kier molecular flexibility index (Phi) is 4.24. The summed E-state index contributed by atoms with van der Waals surface area (Å²) in [5.74, 6) is -2.90. The van der Waals surface area contributed by atoms with E-state index in [2.05, 4.69) is 0 Å². The second kappa shape index (κ2) is 5.78. The highest BCUT2D eigenvalue weighted by atomic mass is 32.2. The molecule has 2 rings (SSSR count). The molecule has 1 aromatic rings. The summed E-state index contributed by atoms with van der Waals surface area (Å²) in [5, 5.41) is 9.11. The number of nitrogens with zero attached hydrogens (tertiary/aromatic N) is 1. The monoisotopic (exact) mass is 305 g/mol. The van der Waals surface area contributed by atoms with Crippen LogP contribution in [0.5, 0.6) is 0 Å². The van der Waals surface area contributed by atoms with Crippen LogP contribution in [0, 0.1) is 23.2 Å². The van der Waals surface area contributed by atoms with E-state index in [1.54, 1.807) is 6.07 Å². The van der Waals surface area contributed by atoms with Crippen molar-refractivity contribution in [3.05, 3.63) is 29.8 Å². The molecule has 1 saturated carbocycles. The Balaban J connectivity index is 2.44. The van der Waals surface area contributed by atoms with Gasteiger partial charge in [-0.3, -0.25) is 9.59 Å². The van der Waals surface area contributed by atoms with Gasteiger partial charge in [0.2, 0.25) is 0 Å². The minimum Gasteiger partial charge on any atom is -0.297 e. The van der Waals surface area contributed by atoms with Crippen LogP contribution < -0.4 is 0 Å². The Morgan fingerprint density at radius 3 is 2.48 bits per heavy atom. The van der Waals surface area contributed by atoms with Crippen LogP contribution in [0.25, 0.3) is 0 Å². The van der Waals surface area contributed by atoms with Gasteiger partial charge in [-0.1, -0.05) is 25.1 Å². The fourth-order valence-electron chi connectivity index (χ4n) is 2.11. The van der Waals surface area contributed by atoms with Gasteiger partial charge < -0.3 is 0 Å². The summed E-state index contributed by atoms with van der Waals surface area (Å²) in [7, 11) is -3.59. The smallest absolute Gasteiger partial charge is 0.188 e. The molecule has 0 spiro atoms. The van der Waals surface area contributed by atoms with Gasteiger partial charge in [0.15, 0.2) is 27.3 Å². The molecule has 110 valence electrons. The molecule has 1 aliphatic rings. The number of hydrogen-bond donors (Lipinski definition) is 0. The minimum absolute atomic E-state index is 0.0695. The molecule has 1 unspecified atom stereocenters. The predicted octanol–water partition coefficient (Wildman–Crippen LogP) is 1.78. The minimum atomic E-state index is -3.59. The number of Topliss-reactive ketones (excluding diaryl/α,β-unsaturated/α-hetero) is 2. The van der Waals surface area contributed by atoms with Crippen molar-refractivity contribution < 1.29 is 18.0 Å². The first-order chi connectivity index (χ1) is 9.92. The first kappa shape index (κ1) is 15.4. The average molecular weight is 305 g/mol. The molecule has 6 heteroatoms. The van der Waals surface area contributed by atoms with Gasteiger partial charge in [0.05, 0.1) is 16.7 Å². The number of carbonyl (C=O) groups is 2. The Morgan fingerprint density at radius 1 is 1.33 bits per heavy atom. The fraction of sp³-hybridized carbons (Fsp3) is 0.400. The van der Waals surface area contributed by atoms with Gasteiger partial charge in [-0.15, -0.1) is 0 Å². The van der Waals surface area contributed by atoms with Gasteiger partial charge in [-0.25, -0.2) is 8.42 Å². The normalized spacial score (nSPS) is 16.0. The maximum Gasteiger partial charge on any atom is 0.188 e. The highest BCUT2D eigenvalue weighted by Crippen LogP contribution is 2.33. The van der Waals surface area contributed by atoms with Crippen LogP contribution in [0.3, 0.4) is 0 Å². The predicted molar refractivity (Wildman–Crippen MR) is 75.3 cm³/mol. The van der Waals surface area contributed by atoms with E-state index in [-0.39, 0.29) is 22.1 Å². The van der Waals surface area contributed by atoms with Crippen LogP contribution in [0.4, 0.5) is 0 Å². The summed E-state index contributed by atoms with van der Waals surface area (Å²) in [6, 6.07) is 7.46. The van der Waals surface area contributed by atoms with Crippen LogP contribution in [0.2, 0.25) is 0 Å².